The number of nitrogens with one attached hydrogen (secondary N) is 1. The van der Waals surface area contributed by atoms with Gasteiger partial charge in [-0.15, -0.1) is 0 Å². The number of benzene rings is 1. The highest BCUT2D eigenvalue weighted by Crippen LogP contribution is 2.28. The van der Waals surface area contributed by atoms with Gasteiger partial charge in [0.2, 0.25) is 10.0 Å². The van der Waals surface area contributed by atoms with Crippen LogP contribution in [-0.4, -0.2) is 26.0 Å². The second-order valence-corrected chi connectivity index (χ2v) is 7.11. The van der Waals surface area contributed by atoms with Gasteiger partial charge in [-0.2, -0.15) is 0 Å². The number of carbonyl (C=O) groups is 1. The number of carboxylic acid groups (broad SMARTS) is 1. The minimum atomic E-state index is -3.91. The maximum atomic E-state index is 12.1. The van der Waals surface area contributed by atoms with E-state index in [0.29, 0.717) is 0 Å². The first kappa shape index (κ1) is 17.2. The van der Waals surface area contributed by atoms with Crippen LogP contribution >= 0.6 is 23.2 Å². The maximum absolute atomic E-state index is 12.1. The predicted molar refractivity (Wildman–Crippen MR) is 77.6 cm³/mol. The van der Waals surface area contributed by atoms with Gasteiger partial charge >= 0.3 is 5.97 Å². The standard InChI is InChI=1S/C12H15Cl2NO4S/c1-7(2)8(12(16)17)6-15-20(18,19)10-5-3-4-9(13)11(10)14/h3-5,7-8,15H,6H2,1-2H3,(H,16,17). The number of halogens is 2. The van der Waals surface area contributed by atoms with Gasteiger partial charge in [-0.25, -0.2) is 13.1 Å². The van der Waals surface area contributed by atoms with E-state index in [2.05, 4.69) is 4.72 Å². The molecule has 0 fully saturated rings. The van der Waals surface area contributed by atoms with Gasteiger partial charge in [-0.05, 0) is 18.1 Å². The maximum Gasteiger partial charge on any atom is 0.308 e. The molecule has 5 nitrogen and oxygen atoms in total. The van der Waals surface area contributed by atoms with E-state index in [4.69, 9.17) is 28.3 Å². The lowest BCUT2D eigenvalue weighted by Gasteiger charge is -2.17. The third-order valence-corrected chi connectivity index (χ3v) is 5.22. The third kappa shape index (κ3) is 4.09. The SMILES string of the molecule is CC(C)C(CNS(=O)(=O)c1cccc(Cl)c1Cl)C(=O)O. The van der Waals surface area contributed by atoms with Crippen molar-refractivity contribution in [3.8, 4) is 0 Å². The van der Waals surface area contributed by atoms with Crippen LogP contribution in [0.5, 0.6) is 0 Å². The number of hydrogen-bond acceptors (Lipinski definition) is 3. The van der Waals surface area contributed by atoms with Gasteiger partial charge in [0.1, 0.15) is 4.90 Å². The molecule has 1 aromatic carbocycles. The Morgan fingerprint density at radius 1 is 1.35 bits per heavy atom. The zero-order chi connectivity index (χ0) is 15.5. The number of carboxylic acids is 1. The number of rotatable bonds is 6. The minimum absolute atomic E-state index is 0.0851. The molecule has 0 amide bonds. The van der Waals surface area contributed by atoms with E-state index in [9.17, 15) is 13.2 Å². The van der Waals surface area contributed by atoms with E-state index in [1.165, 1.54) is 18.2 Å². The first-order valence-corrected chi connectivity index (χ1v) is 8.07. The number of hydrogen-bond donors (Lipinski definition) is 2. The number of aliphatic carboxylic acids is 1. The zero-order valence-corrected chi connectivity index (χ0v) is 13.3. The van der Waals surface area contributed by atoms with Gasteiger partial charge < -0.3 is 5.11 Å². The van der Waals surface area contributed by atoms with Crippen LogP contribution in [0.1, 0.15) is 13.8 Å². The molecule has 0 heterocycles. The third-order valence-electron chi connectivity index (χ3n) is 2.82. The molecule has 0 aliphatic rings. The first-order chi connectivity index (χ1) is 9.16. The largest absolute Gasteiger partial charge is 0.481 e. The molecule has 1 aromatic rings. The highest BCUT2D eigenvalue weighted by atomic mass is 35.5. The van der Waals surface area contributed by atoms with Gasteiger partial charge in [-0.1, -0.05) is 43.1 Å². The van der Waals surface area contributed by atoms with Crippen molar-refractivity contribution in [3.05, 3.63) is 28.2 Å². The number of sulfonamides is 1. The van der Waals surface area contributed by atoms with Gasteiger partial charge in [0.05, 0.1) is 16.0 Å². The van der Waals surface area contributed by atoms with Crippen LogP contribution in [0, 0.1) is 11.8 Å². The average molecular weight is 340 g/mol. The molecule has 8 heteroatoms. The lowest BCUT2D eigenvalue weighted by atomic mass is 9.97. The molecule has 0 spiro atoms. The summed E-state index contributed by atoms with van der Waals surface area (Å²) in [5, 5.41) is 9.06. The van der Waals surface area contributed by atoms with Crippen molar-refractivity contribution in [3.63, 3.8) is 0 Å². The van der Waals surface area contributed by atoms with Gasteiger partial charge in [0, 0.05) is 6.54 Å². The fourth-order valence-corrected chi connectivity index (χ4v) is 3.40. The topological polar surface area (TPSA) is 83.5 Å². The van der Waals surface area contributed by atoms with Gasteiger partial charge in [-0.3, -0.25) is 4.79 Å². The highest BCUT2D eigenvalue weighted by molar-refractivity contribution is 7.89. The Labute approximate surface area is 127 Å². The van der Waals surface area contributed by atoms with Gasteiger partial charge in [0.25, 0.3) is 0 Å². The molecule has 2 N–H and O–H groups in total. The van der Waals surface area contributed by atoms with Crippen LogP contribution in [0.25, 0.3) is 0 Å². The molecule has 1 rings (SSSR count). The fourth-order valence-electron chi connectivity index (χ4n) is 1.58. The summed E-state index contributed by atoms with van der Waals surface area (Å²) < 4.78 is 26.5. The summed E-state index contributed by atoms with van der Waals surface area (Å²) in [7, 11) is -3.91. The summed E-state index contributed by atoms with van der Waals surface area (Å²) >= 11 is 11.6. The van der Waals surface area contributed by atoms with Crippen molar-refractivity contribution >= 4 is 39.2 Å². The Hall–Kier alpha value is -0.820. The Morgan fingerprint density at radius 3 is 2.45 bits per heavy atom. The monoisotopic (exact) mass is 339 g/mol. The summed E-state index contributed by atoms with van der Waals surface area (Å²) in [6.45, 7) is 3.21. The Kier molecular flexibility index (Phi) is 5.82. The average Bonchev–Trinajstić information content (AvgIpc) is 2.31. The molecule has 0 aromatic heterocycles. The van der Waals surface area contributed by atoms with Crippen molar-refractivity contribution in [1.82, 2.24) is 4.72 Å². The summed E-state index contributed by atoms with van der Waals surface area (Å²) in [4.78, 5) is 10.9. The van der Waals surface area contributed by atoms with Crippen molar-refractivity contribution in [2.45, 2.75) is 18.7 Å². The van der Waals surface area contributed by atoms with Gasteiger partial charge in [0.15, 0.2) is 0 Å². The van der Waals surface area contributed by atoms with Crippen molar-refractivity contribution < 1.29 is 18.3 Å². The van der Waals surface area contributed by atoms with Crippen molar-refractivity contribution in [2.24, 2.45) is 11.8 Å². The molecular formula is C12H15Cl2NO4S. The minimum Gasteiger partial charge on any atom is -0.481 e. The smallest absolute Gasteiger partial charge is 0.308 e. The molecular weight excluding hydrogens is 325 g/mol. The molecule has 20 heavy (non-hydrogen) atoms. The fraction of sp³-hybridized carbons (Fsp3) is 0.417. The molecule has 1 atom stereocenters. The van der Waals surface area contributed by atoms with Crippen LogP contribution in [0.15, 0.2) is 23.1 Å². The zero-order valence-electron chi connectivity index (χ0n) is 10.9. The Bertz CT molecular complexity index is 601. The van der Waals surface area contributed by atoms with E-state index in [1.807, 2.05) is 0 Å². The molecule has 0 saturated heterocycles. The van der Waals surface area contributed by atoms with E-state index in [1.54, 1.807) is 13.8 Å². The van der Waals surface area contributed by atoms with Crippen LogP contribution in [0.4, 0.5) is 0 Å². The summed E-state index contributed by atoms with van der Waals surface area (Å²) in [5.74, 6) is -2.08. The van der Waals surface area contributed by atoms with E-state index >= 15 is 0 Å². The second-order valence-electron chi connectivity index (χ2n) is 4.59. The summed E-state index contributed by atoms with van der Waals surface area (Å²) in [6.07, 6.45) is 0. The van der Waals surface area contributed by atoms with Crippen molar-refractivity contribution in [1.29, 1.82) is 0 Å². The summed E-state index contributed by atoms with van der Waals surface area (Å²) in [6, 6.07) is 4.23. The van der Waals surface area contributed by atoms with E-state index in [-0.39, 0.29) is 27.4 Å². The molecule has 0 bridgehead atoms. The lowest BCUT2D eigenvalue weighted by Crippen LogP contribution is -2.35. The Morgan fingerprint density at radius 2 is 1.95 bits per heavy atom. The van der Waals surface area contributed by atoms with E-state index in [0.717, 1.165) is 0 Å². The normalized spacial score (nSPS) is 13.4. The van der Waals surface area contributed by atoms with Crippen LogP contribution < -0.4 is 4.72 Å². The molecule has 112 valence electrons. The summed E-state index contributed by atoms with van der Waals surface area (Å²) in [5.41, 5.74) is 0. The molecule has 0 aliphatic carbocycles. The molecule has 0 radical (unpaired) electrons. The highest BCUT2D eigenvalue weighted by Gasteiger charge is 2.25. The molecule has 0 saturated carbocycles. The lowest BCUT2D eigenvalue weighted by molar-refractivity contribution is -0.142. The van der Waals surface area contributed by atoms with Crippen LogP contribution in [-0.2, 0) is 14.8 Å². The Balaban J connectivity index is 2.96. The van der Waals surface area contributed by atoms with Crippen molar-refractivity contribution in [2.75, 3.05) is 6.54 Å². The molecule has 0 aliphatic heterocycles. The van der Waals surface area contributed by atoms with Crippen LogP contribution in [0.2, 0.25) is 10.0 Å². The predicted octanol–water partition coefficient (Wildman–Crippen LogP) is 2.63. The molecule has 1 unspecified atom stereocenters. The second kappa shape index (κ2) is 6.76. The van der Waals surface area contributed by atoms with E-state index < -0.39 is 21.9 Å². The van der Waals surface area contributed by atoms with Crippen LogP contribution in [0.3, 0.4) is 0 Å². The first-order valence-electron chi connectivity index (χ1n) is 5.83. The quantitative estimate of drug-likeness (QED) is 0.834.